The number of carbonyl (C=O) groups excluding carboxylic acids is 1. The number of allylic oxidation sites excluding steroid dienone is 2. The first kappa shape index (κ1) is 6.29. The third-order valence-electron chi connectivity index (χ3n) is 1.43. The molecule has 0 unspecified atom stereocenters. The summed E-state index contributed by atoms with van der Waals surface area (Å²) < 4.78 is 0. The molecule has 1 aliphatic carbocycles. The SMILES string of the molecule is O=C(OO)C1CC=CC1. The molecule has 0 aromatic rings. The largest absolute Gasteiger partial charge is 0.345 e. The average molecular weight is 128 g/mol. The van der Waals surface area contributed by atoms with Gasteiger partial charge >= 0.3 is 5.97 Å². The van der Waals surface area contributed by atoms with Crippen LogP contribution in [0.2, 0.25) is 0 Å². The Bertz CT molecular complexity index is 131. The van der Waals surface area contributed by atoms with Crippen molar-refractivity contribution in [2.45, 2.75) is 12.8 Å². The lowest BCUT2D eigenvalue weighted by Crippen LogP contribution is -2.12. The third kappa shape index (κ3) is 1.29. The Morgan fingerprint density at radius 1 is 1.56 bits per heavy atom. The number of hydrogen-bond acceptors (Lipinski definition) is 3. The van der Waals surface area contributed by atoms with Crippen molar-refractivity contribution in [3.63, 3.8) is 0 Å². The van der Waals surface area contributed by atoms with Gasteiger partial charge in [0.2, 0.25) is 0 Å². The Balaban J connectivity index is 2.36. The number of carbonyl (C=O) groups is 1. The summed E-state index contributed by atoms with van der Waals surface area (Å²) in [5.41, 5.74) is 0. The molecule has 0 aliphatic heterocycles. The molecule has 0 bridgehead atoms. The molecule has 0 saturated carbocycles. The lowest BCUT2D eigenvalue weighted by atomic mass is 10.1. The zero-order valence-corrected chi connectivity index (χ0v) is 4.91. The van der Waals surface area contributed by atoms with Crippen molar-refractivity contribution in [2.24, 2.45) is 5.92 Å². The van der Waals surface area contributed by atoms with E-state index in [0.717, 1.165) is 0 Å². The van der Waals surface area contributed by atoms with Gasteiger partial charge in [-0.1, -0.05) is 12.2 Å². The highest BCUT2D eigenvalue weighted by Crippen LogP contribution is 2.18. The van der Waals surface area contributed by atoms with E-state index in [1.807, 2.05) is 12.2 Å². The first-order chi connectivity index (χ1) is 4.34. The number of rotatable bonds is 1. The Morgan fingerprint density at radius 3 is 2.56 bits per heavy atom. The fourth-order valence-corrected chi connectivity index (χ4v) is 0.884. The van der Waals surface area contributed by atoms with Crippen LogP contribution in [0.4, 0.5) is 0 Å². The van der Waals surface area contributed by atoms with Crippen molar-refractivity contribution in [1.82, 2.24) is 0 Å². The zero-order valence-electron chi connectivity index (χ0n) is 4.91. The van der Waals surface area contributed by atoms with Crippen LogP contribution in [0.3, 0.4) is 0 Å². The first-order valence-electron chi connectivity index (χ1n) is 2.85. The van der Waals surface area contributed by atoms with Gasteiger partial charge in [0.1, 0.15) is 0 Å². The van der Waals surface area contributed by atoms with E-state index in [4.69, 9.17) is 5.26 Å². The predicted octanol–water partition coefficient (Wildman–Crippen LogP) is 0.969. The molecule has 1 N–H and O–H groups in total. The van der Waals surface area contributed by atoms with Gasteiger partial charge in [-0.15, -0.1) is 0 Å². The summed E-state index contributed by atoms with van der Waals surface area (Å²) in [5.74, 6) is -0.671. The highest BCUT2D eigenvalue weighted by Gasteiger charge is 2.20. The highest BCUT2D eigenvalue weighted by molar-refractivity contribution is 5.72. The summed E-state index contributed by atoms with van der Waals surface area (Å²) in [6.45, 7) is 0. The monoisotopic (exact) mass is 128 g/mol. The summed E-state index contributed by atoms with van der Waals surface area (Å²) >= 11 is 0. The Hall–Kier alpha value is -0.830. The standard InChI is InChI=1S/C6H8O3/c7-6(9-8)5-3-1-2-4-5/h1-2,5,8H,3-4H2. The van der Waals surface area contributed by atoms with Crippen LogP contribution in [-0.4, -0.2) is 11.2 Å². The van der Waals surface area contributed by atoms with Crippen LogP contribution in [-0.2, 0) is 9.68 Å². The van der Waals surface area contributed by atoms with Crippen LogP contribution < -0.4 is 0 Å². The van der Waals surface area contributed by atoms with Gasteiger partial charge in [0, 0.05) is 0 Å². The Kier molecular flexibility index (Phi) is 1.85. The lowest BCUT2D eigenvalue weighted by molar-refractivity contribution is -0.238. The normalized spacial score (nSPS) is 18.3. The summed E-state index contributed by atoms with van der Waals surface area (Å²) in [7, 11) is 0. The van der Waals surface area contributed by atoms with Gasteiger partial charge in [-0.3, -0.25) is 0 Å². The summed E-state index contributed by atoms with van der Waals surface area (Å²) in [6.07, 6.45) is 5.20. The lowest BCUT2D eigenvalue weighted by Gasteiger charge is -2.01. The van der Waals surface area contributed by atoms with Crippen molar-refractivity contribution >= 4 is 5.97 Å². The van der Waals surface area contributed by atoms with Crippen LogP contribution in [0.1, 0.15) is 12.8 Å². The minimum Gasteiger partial charge on any atom is -0.301 e. The second-order valence-corrected chi connectivity index (χ2v) is 2.05. The maximum absolute atomic E-state index is 10.5. The summed E-state index contributed by atoms with van der Waals surface area (Å²) in [6, 6.07) is 0. The van der Waals surface area contributed by atoms with Crippen LogP contribution >= 0.6 is 0 Å². The quantitative estimate of drug-likeness (QED) is 0.325. The molecule has 1 aliphatic rings. The Labute approximate surface area is 52.9 Å². The minimum absolute atomic E-state index is 0.144. The van der Waals surface area contributed by atoms with E-state index < -0.39 is 5.97 Å². The predicted molar refractivity (Wildman–Crippen MR) is 30.6 cm³/mol. The van der Waals surface area contributed by atoms with Gasteiger partial charge in [-0.25, -0.2) is 4.79 Å². The van der Waals surface area contributed by atoms with Crippen molar-refractivity contribution < 1.29 is 14.9 Å². The van der Waals surface area contributed by atoms with Crippen LogP contribution in [0.25, 0.3) is 0 Å². The second kappa shape index (κ2) is 2.64. The van der Waals surface area contributed by atoms with Crippen LogP contribution in [0, 0.1) is 5.92 Å². The van der Waals surface area contributed by atoms with Gasteiger partial charge in [-0.2, -0.15) is 5.26 Å². The molecule has 3 heteroatoms. The van der Waals surface area contributed by atoms with E-state index in [1.165, 1.54) is 0 Å². The maximum Gasteiger partial charge on any atom is 0.345 e. The van der Waals surface area contributed by atoms with E-state index in [2.05, 4.69) is 4.89 Å². The van der Waals surface area contributed by atoms with E-state index in [9.17, 15) is 4.79 Å². The number of hydrogen-bond donors (Lipinski definition) is 1. The molecule has 0 saturated heterocycles. The second-order valence-electron chi connectivity index (χ2n) is 2.05. The zero-order chi connectivity index (χ0) is 6.69. The van der Waals surface area contributed by atoms with E-state index in [0.29, 0.717) is 12.8 Å². The molecule has 50 valence electrons. The van der Waals surface area contributed by atoms with Gasteiger partial charge in [0.25, 0.3) is 0 Å². The van der Waals surface area contributed by atoms with Crippen molar-refractivity contribution in [2.75, 3.05) is 0 Å². The van der Waals surface area contributed by atoms with E-state index >= 15 is 0 Å². The molecule has 0 spiro atoms. The third-order valence-corrected chi connectivity index (χ3v) is 1.43. The van der Waals surface area contributed by atoms with Crippen LogP contribution in [0.15, 0.2) is 12.2 Å². The van der Waals surface area contributed by atoms with Gasteiger partial charge in [0.05, 0.1) is 5.92 Å². The fourth-order valence-electron chi connectivity index (χ4n) is 0.884. The average Bonchev–Trinajstić information content (AvgIpc) is 2.37. The first-order valence-corrected chi connectivity index (χ1v) is 2.85. The molecule has 0 atom stereocenters. The molecule has 1 rings (SSSR count). The van der Waals surface area contributed by atoms with Gasteiger partial charge < -0.3 is 4.89 Å². The summed E-state index contributed by atoms with van der Waals surface area (Å²) in [4.78, 5) is 14.1. The fraction of sp³-hybridized carbons (Fsp3) is 0.500. The molecule has 0 aromatic carbocycles. The highest BCUT2D eigenvalue weighted by atomic mass is 17.1. The minimum atomic E-state index is -0.528. The maximum atomic E-state index is 10.5. The molecule has 3 nitrogen and oxygen atoms in total. The van der Waals surface area contributed by atoms with E-state index in [-0.39, 0.29) is 5.92 Å². The molecule has 0 amide bonds. The van der Waals surface area contributed by atoms with Gasteiger partial charge in [0.15, 0.2) is 0 Å². The molecular weight excluding hydrogens is 120 g/mol. The molecule has 0 fully saturated rings. The molecule has 0 radical (unpaired) electrons. The van der Waals surface area contributed by atoms with Gasteiger partial charge in [-0.05, 0) is 12.8 Å². The van der Waals surface area contributed by atoms with Crippen molar-refractivity contribution in [3.8, 4) is 0 Å². The molecule has 0 heterocycles. The van der Waals surface area contributed by atoms with Crippen LogP contribution in [0.5, 0.6) is 0 Å². The van der Waals surface area contributed by atoms with E-state index in [1.54, 1.807) is 0 Å². The smallest absolute Gasteiger partial charge is 0.301 e. The van der Waals surface area contributed by atoms with Crippen molar-refractivity contribution in [1.29, 1.82) is 0 Å². The summed E-state index contributed by atoms with van der Waals surface area (Å²) in [5, 5.41) is 7.92. The van der Waals surface area contributed by atoms with Crippen molar-refractivity contribution in [3.05, 3.63) is 12.2 Å². The molecule has 0 aromatic heterocycles. The molecular formula is C6H8O3. The molecule has 9 heavy (non-hydrogen) atoms. The Morgan fingerprint density at radius 2 is 2.11 bits per heavy atom. The topological polar surface area (TPSA) is 46.5 Å².